The summed E-state index contributed by atoms with van der Waals surface area (Å²) in [6.07, 6.45) is 0. The van der Waals surface area contributed by atoms with Crippen LogP contribution in [0.15, 0.2) is 162 Å². The third-order valence-corrected chi connectivity index (χ3v) is 8.22. The van der Waals surface area contributed by atoms with E-state index in [1.54, 1.807) is 45.5 Å². The Morgan fingerprint density at radius 3 is 1.76 bits per heavy atom. The maximum atomic E-state index is 9.66. The van der Waals surface area contributed by atoms with Gasteiger partial charge >= 0.3 is 0 Å². The number of nitrogens with zero attached hydrogens (tertiary/aromatic N) is 2. The summed E-state index contributed by atoms with van der Waals surface area (Å²) in [5.74, 6) is 0. The van der Waals surface area contributed by atoms with Crippen molar-refractivity contribution in [2.45, 2.75) is 0 Å². The molecule has 7 aromatic carbocycles. The molecule has 0 atom stereocenters. The zero-order valence-electron chi connectivity index (χ0n) is 39.1. The van der Waals surface area contributed by atoms with E-state index in [0.717, 1.165) is 0 Å². The SMILES string of the molecule is [2H]c1c([2H])c([2H])c(-c2c([2H])c([2H])c([2H])c3oc4c([2H])c(-n5c6ccccc6c6c7c8ccccc8n(-c8c([2H])c([2H])c([2H])c([2H])c8[2H])c7ccc65)c([2H])c([2H])c4c23)c([2H])c1[2H]. The van der Waals surface area contributed by atoms with Crippen LogP contribution in [0.25, 0.3) is 88.1 Å². The van der Waals surface area contributed by atoms with Gasteiger partial charge in [-0.25, -0.2) is 0 Å². The van der Waals surface area contributed by atoms with Crippen LogP contribution in [-0.2, 0) is 0 Å². The van der Waals surface area contributed by atoms with Gasteiger partial charge in [0.05, 0.1) is 44.0 Å². The average molecular weight is 591 g/mol. The lowest BCUT2D eigenvalue weighted by Crippen LogP contribution is -1.94. The summed E-state index contributed by atoms with van der Waals surface area (Å²) in [4.78, 5) is 0. The summed E-state index contributed by atoms with van der Waals surface area (Å²) < 4.78 is 149. The van der Waals surface area contributed by atoms with E-state index in [1.807, 2.05) is 24.3 Å². The van der Waals surface area contributed by atoms with Crippen molar-refractivity contribution in [1.82, 2.24) is 9.13 Å². The fourth-order valence-corrected chi connectivity index (χ4v) is 6.47. The normalized spacial score (nSPS) is 17.0. The highest BCUT2D eigenvalue weighted by atomic mass is 16.3. The van der Waals surface area contributed by atoms with Crippen LogP contribution in [0.5, 0.6) is 0 Å². The number of aromatic nitrogens is 2. The molecular weight excluding hydrogens is 548 g/mol. The molecule has 45 heavy (non-hydrogen) atoms. The van der Waals surface area contributed by atoms with Crippen LogP contribution >= 0.6 is 0 Å². The van der Waals surface area contributed by atoms with Gasteiger partial charge < -0.3 is 13.6 Å². The summed E-state index contributed by atoms with van der Waals surface area (Å²) in [6.45, 7) is 0. The summed E-state index contributed by atoms with van der Waals surface area (Å²) in [5.41, 5.74) is 0.481. The van der Waals surface area contributed by atoms with Crippen molar-refractivity contribution in [3.05, 3.63) is 157 Å². The Balaban J connectivity index is 1.35. The highest BCUT2D eigenvalue weighted by Crippen LogP contribution is 2.43. The minimum absolute atomic E-state index is 0.0419. The predicted molar refractivity (Wildman–Crippen MR) is 188 cm³/mol. The summed E-state index contributed by atoms with van der Waals surface area (Å²) in [6, 6.07) is 8.86. The lowest BCUT2D eigenvalue weighted by molar-refractivity contribution is 0.668. The number of benzene rings is 7. The molecule has 0 amide bonds. The Labute approximate surface area is 281 Å². The Bertz CT molecular complexity index is 3620. The number of furan rings is 1. The molecule has 3 heterocycles. The molecule has 0 radical (unpaired) electrons. The van der Waals surface area contributed by atoms with Gasteiger partial charge in [0.1, 0.15) is 11.2 Å². The predicted octanol–water partition coefficient (Wildman–Crippen LogP) is 11.4. The van der Waals surface area contributed by atoms with Crippen LogP contribution in [0.3, 0.4) is 0 Å². The molecule has 0 saturated heterocycles. The number of rotatable bonds is 3. The van der Waals surface area contributed by atoms with E-state index < -0.39 is 102 Å². The van der Waals surface area contributed by atoms with Crippen molar-refractivity contribution < 1.29 is 26.3 Å². The largest absolute Gasteiger partial charge is 0.456 e. The number of hydrogen-bond donors (Lipinski definition) is 0. The van der Waals surface area contributed by atoms with Crippen LogP contribution in [0.4, 0.5) is 0 Å². The Hall–Kier alpha value is -6.06. The van der Waals surface area contributed by atoms with E-state index >= 15 is 0 Å². The van der Waals surface area contributed by atoms with E-state index in [9.17, 15) is 4.11 Å². The minimum Gasteiger partial charge on any atom is -0.456 e. The number of para-hydroxylation sites is 3. The van der Waals surface area contributed by atoms with Gasteiger partial charge in [0.25, 0.3) is 0 Å². The molecule has 0 saturated carbocycles. The van der Waals surface area contributed by atoms with Crippen LogP contribution in [0.1, 0.15) is 21.9 Å². The molecule has 0 aliphatic rings. The lowest BCUT2D eigenvalue weighted by Gasteiger charge is -2.09. The van der Waals surface area contributed by atoms with Crippen molar-refractivity contribution in [3.63, 3.8) is 0 Å². The van der Waals surface area contributed by atoms with Crippen molar-refractivity contribution >= 4 is 65.6 Å². The van der Waals surface area contributed by atoms with Crippen LogP contribution in [0, 0.1) is 0 Å². The van der Waals surface area contributed by atoms with Crippen molar-refractivity contribution in [3.8, 4) is 22.5 Å². The second kappa shape index (κ2) is 9.22. The van der Waals surface area contributed by atoms with Gasteiger partial charge in [-0.15, -0.1) is 0 Å². The minimum atomic E-state index is -0.703. The zero-order valence-corrected chi connectivity index (χ0v) is 23.1. The zero-order chi connectivity index (χ0) is 43.4. The second-order valence-corrected chi connectivity index (χ2v) is 10.5. The van der Waals surface area contributed by atoms with Gasteiger partial charge in [-0.2, -0.15) is 0 Å². The maximum Gasteiger partial charge on any atom is 0.137 e. The molecule has 0 spiro atoms. The van der Waals surface area contributed by atoms with Crippen LogP contribution < -0.4 is 0 Å². The lowest BCUT2D eigenvalue weighted by atomic mass is 9.99. The van der Waals surface area contributed by atoms with Crippen molar-refractivity contribution in [2.75, 3.05) is 0 Å². The van der Waals surface area contributed by atoms with Gasteiger partial charge in [-0.3, -0.25) is 0 Å². The molecule has 210 valence electrons. The highest BCUT2D eigenvalue weighted by molar-refractivity contribution is 6.29. The third kappa shape index (κ3) is 3.41. The molecule has 10 aromatic rings. The molecule has 0 bridgehead atoms. The third-order valence-electron chi connectivity index (χ3n) is 8.22. The van der Waals surface area contributed by atoms with E-state index in [-0.39, 0.29) is 38.9 Å². The van der Waals surface area contributed by atoms with Crippen LogP contribution in [-0.4, -0.2) is 9.13 Å². The molecule has 0 fully saturated rings. The van der Waals surface area contributed by atoms with Gasteiger partial charge in [0.2, 0.25) is 0 Å². The molecule has 3 aromatic heterocycles. The van der Waals surface area contributed by atoms with E-state index in [0.29, 0.717) is 43.6 Å². The van der Waals surface area contributed by atoms with Crippen LogP contribution in [0.2, 0.25) is 0 Å². The number of hydrogen-bond acceptors (Lipinski definition) is 1. The van der Waals surface area contributed by atoms with Gasteiger partial charge in [-0.05, 0) is 65.6 Å². The van der Waals surface area contributed by atoms with Crippen molar-refractivity contribution in [1.29, 1.82) is 0 Å². The molecule has 3 nitrogen and oxygen atoms in total. The molecular formula is C42H26N2O. The number of fused-ring (bicyclic) bond motifs is 10. The maximum absolute atomic E-state index is 9.66. The Morgan fingerprint density at radius 1 is 0.444 bits per heavy atom. The molecule has 0 aliphatic heterocycles. The molecule has 0 unspecified atom stereocenters. The summed E-state index contributed by atoms with van der Waals surface area (Å²) in [7, 11) is 0. The first-order chi connectivity index (χ1) is 29.0. The van der Waals surface area contributed by atoms with Crippen molar-refractivity contribution in [2.24, 2.45) is 0 Å². The van der Waals surface area contributed by atoms with Gasteiger partial charge in [0.15, 0.2) is 0 Å². The summed E-state index contributed by atoms with van der Waals surface area (Å²) in [5, 5.41) is 2.23. The first kappa shape index (κ1) is 13.7. The molecule has 0 aliphatic carbocycles. The quantitative estimate of drug-likeness (QED) is 0.201. The monoisotopic (exact) mass is 590 g/mol. The molecule has 10 rings (SSSR count). The average Bonchev–Trinajstić information content (AvgIpc) is 3.92. The van der Waals surface area contributed by atoms with E-state index in [2.05, 4.69) is 0 Å². The highest BCUT2D eigenvalue weighted by Gasteiger charge is 2.21. The topological polar surface area (TPSA) is 23.0 Å². The van der Waals surface area contributed by atoms with E-state index in [4.69, 9.17) is 22.2 Å². The molecule has 3 heteroatoms. The van der Waals surface area contributed by atoms with Gasteiger partial charge in [-0.1, -0.05) is 96.8 Å². The second-order valence-electron chi connectivity index (χ2n) is 10.5. The Kier molecular flexibility index (Phi) is 2.81. The molecule has 0 N–H and O–H groups in total. The standard InChI is InChI=1S/C42H26N2O/c1-3-12-27(13-4-1)30-18-11-21-38-40(30)33-23-22-29(26-39(33)45-38)44-35-20-10-8-17-32(35)42-37(44)25-24-36-41(42)31-16-7-9-19-34(31)43(36)28-14-5-2-6-15-28/h1-26H/i1D,2D,3D,4D,5D,6D,11D,12D,13D,14D,15D,18D,21D,22D,23D,26D. The first-order valence-corrected chi connectivity index (χ1v) is 14.1. The smallest absolute Gasteiger partial charge is 0.137 e. The van der Waals surface area contributed by atoms with E-state index in [1.165, 1.54) is 0 Å². The first-order valence-electron chi connectivity index (χ1n) is 22.1. The fourth-order valence-electron chi connectivity index (χ4n) is 6.47. The van der Waals surface area contributed by atoms with Gasteiger partial charge in [0, 0.05) is 49.7 Å². The Morgan fingerprint density at radius 2 is 1.07 bits per heavy atom. The fraction of sp³-hybridized carbons (Fsp3) is 0. The summed E-state index contributed by atoms with van der Waals surface area (Å²) >= 11 is 0.